The van der Waals surface area contributed by atoms with E-state index in [0.29, 0.717) is 5.56 Å². The van der Waals surface area contributed by atoms with Gasteiger partial charge in [-0.2, -0.15) is 0 Å². The molecule has 35 heavy (non-hydrogen) atoms. The Morgan fingerprint density at radius 2 is 1.37 bits per heavy atom. The third kappa shape index (κ3) is 3.96. The summed E-state index contributed by atoms with van der Waals surface area (Å²) in [6.07, 6.45) is 0. The molecule has 0 bridgehead atoms. The van der Waals surface area contributed by atoms with Crippen molar-refractivity contribution in [2.75, 3.05) is 6.66 Å². The zero-order valence-corrected chi connectivity index (χ0v) is 19.1. The van der Waals surface area contributed by atoms with Crippen LogP contribution in [-0.4, -0.2) is 26.9 Å². The summed E-state index contributed by atoms with van der Waals surface area (Å²) in [5, 5.41) is 15.2. The minimum absolute atomic E-state index is 0.158. The molecule has 0 amide bonds. The Kier molecular flexibility index (Phi) is 6.03. The fourth-order valence-electron chi connectivity index (χ4n) is 3.99. The van der Waals surface area contributed by atoms with Gasteiger partial charge in [-0.15, -0.1) is 5.10 Å². The Morgan fingerprint density at radius 1 is 0.743 bits per heavy atom. The number of rotatable bonds is 5. The maximum absolute atomic E-state index is 14.4. The Bertz CT molecular complexity index is 1530. The molecule has 5 rings (SSSR count). The molecule has 10 heteroatoms. The van der Waals surface area contributed by atoms with Crippen molar-refractivity contribution < 1.29 is 22.0 Å². The highest BCUT2D eigenvalue weighted by Gasteiger charge is 2.28. The molecule has 5 aromatic rings. The van der Waals surface area contributed by atoms with Crippen LogP contribution in [0.15, 0.2) is 66.7 Å². The van der Waals surface area contributed by atoms with Crippen molar-refractivity contribution in [1.29, 1.82) is 0 Å². The lowest BCUT2D eigenvalue weighted by Crippen LogP contribution is -2.17. The van der Waals surface area contributed by atoms with Crippen LogP contribution < -0.4 is 10.6 Å². The van der Waals surface area contributed by atoms with Crippen LogP contribution in [0, 0.1) is 29.1 Å². The highest BCUT2D eigenvalue weighted by molar-refractivity contribution is 7.72. The van der Waals surface area contributed by atoms with Gasteiger partial charge in [-0.05, 0) is 46.4 Å². The topological polar surface area (TPSA) is 43.6 Å². The number of benzene rings is 4. The van der Waals surface area contributed by atoms with E-state index in [9.17, 15) is 22.0 Å². The van der Waals surface area contributed by atoms with Crippen LogP contribution in [0.25, 0.3) is 22.2 Å². The SMILES string of the molecule is CP(c1ccccc1)c1ccc2ccccc2c1-c1nnnn1Cc1c(F)c(F)c(F)c(F)c1F. The van der Waals surface area contributed by atoms with Crippen LogP contribution in [0.3, 0.4) is 0 Å². The summed E-state index contributed by atoms with van der Waals surface area (Å²) in [5.41, 5.74) is -0.381. The van der Waals surface area contributed by atoms with Crippen LogP contribution in [0.5, 0.6) is 0 Å². The molecule has 1 atom stereocenters. The minimum Gasteiger partial charge on any atom is -0.221 e. The van der Waals surface area contributed by atoms with E-state index in [0.717, 1.165) is 26.1 Å². The quantitative estimate of drug-likeness (QED) is 0.143. The number of nitrogens with zero attached hydrogens (tertiary/aromatic N) is 4. The molecule has 4 nitrogen and oxygen atoms in total. The van der Waals surface area contributed by atoms with Gasteiger partial charge < -0.3 is 0 Å². The first kappa shape index (κ1) is 23.1. The van der Waals surface area contributed by atoms with E-state index >= 15 is 0 Å². The van der Waals surface area contributed by atoms with Crippen LogP contribution in [0.1, 0.15) is 5.56 Å². The fraction of sp³-hybridized carbons (Fsp3) is 0.0800. The molecule has 0 aliphatic heterocycles. The summed E-state index contributed by atoms with van der Waals surface area (Å²) in [7, 11) is -0.895. The van der Waals surface area contributed by atoms with E-state index in [1.807, 2.05) is 66.7 Å². The Balaban J connectivity index is 1.71. The lowest BCUT2D eigenvalue weighted by atomic mass is 10.0. The number of fused-ring (bicyclic) bond motifs is 1. The number of halogens is 5. The maximum Gasteiger partial charge on any atom is 0.200 e. The fourth-order valence-corrected chi connectivity index (χ4v) is 5.75. The zero-order valence-electron chi connectivity index (χ0n) is 18.2. The molecule has 0 aliphatic carbocycles. The van der Waals surface area contributed by atoms with Gasteiger partial charge in [0.2, 0.25) is 5.82 Å². The molecule has 0 N–H and O–H groups in total. The second-order valence-electron chi connectivity index (χ2n) is 7.78. The van der Waals surface area contributed by atoms with E-state index < -0.39 is 49.1 Å². The summed E-state index contributed by atoms with van der Waals surface area (Å²) >= 11 is 0. The second-order valence-corrected chi connectivity index (χ2v) is 9.90. The van der Waals surface area contributed by atoms with Crippen molar-refractivity contribution >= 4 is 29.3 Å². The minimum atomic E-state index is -2.21. The van der Waals surface area contributed by atoms with Crippen molar-refractivity contribution in [3.8, 4) is 11.4 Å². The first-order valence-electron chi connectivity index (χ1n) is 10.5. The summed E-state index contributed by atoms with van der Waals surface area (Å²) in [6, 6.07) is 21.2. The zero-order chi connectivity index (χ0) is 24.7. The molecule has 4 aromatic carbocycles. The average Bonchev–Trinajstić information content (AvgIpc) is 3.36. The smallest absolute Gasteiger partial charge is 0.200 e. The Morgan fingerprint density at radius 3 is 2.09 bits per heavy atom. The lowest BCUT2D eigenvalue weighted by molar-refractivity contribution is 0.366. The van der Waals surface area contributed by atoms with Gasteiger partial charge in [-0.3, -0.25) is 0 Å². The van der Waals surface area contributed by atoms with E-state index in [1.165, 1.54) is 0 Å². The van der Waals surface area contributed by atoms with Gasteiger partial charge in [0.05, 0.1) is 12.1 Å². The summed E-state index contributed by atoms with van der Waals surface area (Å²) in [6.45, 7) is 1.32. The summed E-state index contributed by atoms with van der Waals surface area (Å²) < 4.78 is 71.0. The van der Waals surface area contributed by atoms with Crippen molar-refractivity contribution in [2.24, 2.45) is 0 Å². The molecule has 1 aromatic heterocycles. The molecule has 0 spiro atoms. The van der Waals surface area contributed by atoms with E-state index in [1.54, 1.807) is 0 Å². The molecule has 0 saturated heterocycles. The van der Waals surface area contributed by atoms with E-state index in [2.05, 4.69) is 22.2 Å². The van der Waals surface area contributed by atoms with Crippen LogP contribution in [-0.2, 0) is 6.54 Å². The van der Waals surface area contributed by atoms with Gasteiger partial charge in [0.15, 0.2) is 29.1 Å². The largest absolute Gasteiger partial charge is 0.221 e. The monoisotopic (exact) mass is 498 g/mol. The first-order chi connectivity index (χ1) is 16.9. The van der Waals surface area contributed by atoms with Gasteiger partial charge in [0, 0.05) is 5.56 Å². The molecular weight excluding hydrogens is 482 g/mol. The molecule has 176 valence electrons. The van der Waals surface area contributed by atoms with Crippen molar-refractivity contribution in [3.63, 3.8) is 0 Å². The third-order valence-corrected chi connectivity index (χ3v) is 7.94. The van der Waals surface area contributed by atoms with Gasteiger partial charge in [0.25, 0.3) is 0 Å². The highest BCUT2D eigenvalue weighted by atomic mass is 31.1. The number of hydrogen-bond donors (Lipinski definition) is 0. The molecule has 0 aliphatic rings. The standard InChI is InChI=1S/C25H16F5N4P/c1-35(15-8-3-2-4-9-15)18-12-11-14-7-5-6-10-16(14)19(18)25-31-32-33-34(25)13-17-20(26)22(28)24(30)23(29)21(17)27/h2-12H,13H2,1H3. The summed E-state index contributed by atoms with van der Waals surface area (Å²) in [5.74, 6) is -9.91. The Labute approximate surface area is 197 Å². The predicted octanol–water partition coefficient (Wildman–Crippen LogP) is 5.30. The summed E-state index contributed by atoms with van der Waals surface area (Å²) in [4.78, 5) is 0. The predicted molar refractivity (Wildman–Crippen MR) is 125 cm³/mol. The highest BCUT2D eigenvalue weighted by Crippen LogP contribution is 2.37. The lowest BCUT2D eigenvalue weighted by Gasteiger charge is -2.19. The van der Waals surface area contributed by atoms with Crippen molar-refractivity contribution in [3.05, 3.63) is 101 Å². The van der Waals surface area contributed by atoms with Gasteiger partial charge in [0.1, 0.15) is 0 Å². The van der Waals surface area contributed by atoms with Crippen molar-refractivity contribution in [2.45, 2.75) is 6.54 Å². The molecule has 0 fully saturated rings. The van der Waals surface area contributed by atoms with Crippen LogP contribution >= 0.6 is 7.92 Å². The third-order valence-electron chi connectivity index (χ3n) is 5.78. The Hall–Kier alpha value is -3.71. The number of hydrogen-bond acceptors (Lipinski definition) is 3. The normalized spacial score (nSPS) is 12.3. The maximum atomic E-state index is 14.4. The molecule has 1 unspecified atom stereocenters. The van der Waals surface area contributed by atoms with Crippen molar-refractivity contribution in [1.82, 2.24) is 20.2 Å². The average molecular weight is 498 g/mol. The molecule has 0 radical (unpaired) electrons. The molecular formula is C25H16F5N4P. The van der Waals surface area contributed by atoms with Crippen LogP contribution in [0.4, 0.5) is 22.0 Å². The van der Waals surface area contributed by atoms with Crippen LogP contribution in [0.2, 0.25) is 0 Å². The number of tetrazole rings is 1. The molecule has 1 heterocycles. The van der Waals surface area contributed by atoms with Gasteiger partial charge >= 0.3 is 0 Å². The first-order valence-corrected chi connectivity index (χ1v) is 12.2. The van der Waals surface area contributed by atoms with Gasteiger partial charge in [-0.1, -0.05) is 66.7 Å². The second kappa shape index (κ2) is 9.15. The molecule has 0 saturated carbocycles. The van der Waals surface area contributed by atoms with E-state index in [-0.39, 0.29) is 5.82 Å². The van der Waals surface area contributed by atoms with E-state index in [4.69, 9.17) is 0 Å². The van der Waals surface area contributed by atoms with Gasteiger partial charge in [-0.25, -0.2) is 26.6 Å². The number of aromatic nitrogens is 4.